The second kappa shape index (κ2) is 3.22. The first-order valence-electron chi connectivity index (χ1n) is 4.54. The third-order valence-electron chi connectivity index (χ3n) is 2.62. The molecule has 0 aliphatic rings. The maximum absolute atomic E-state index is 13.5. The van der Waals surface area contributed by atoms with Crippen molar-refractivity contribution in [3.63, 3.8) is 0 Å². The number of ether oxygens (including phenoxy) is 1. The van der Waals surface area contributed by atoms with Gasteiger partial charge in [0, 0.05) is 24.2 Å². The van der Waals surface area contributed by atoms with Crippen molar-refractivity contribution >= 4 is 10.9 Å². The molecule has 15 heavy (non-hydrogen) atoms. The summed E-state index contributed by atoms with van der Waals surface area (Å²) in [5, 5.41) is 0.468. The fourth-order valence-corrected chi connectivity index (χ4v) is 1.77. The fraction of sp³-hybridized carbons (Fsp3) is 0.273. The van der Waals surface area contributed by atoms with Crippen LogP contribution in [-0.2, 0) is 7.05 Å². The van der Waals surface area contributed by atoms with E-state index in [4.69, 9.17) is 4.74 Å². The van der Waals surface area contributed by atoms with E-state index in [1.807, 2.05) is 6.92 Å². The van der Waals surface area contributed by atoms with Gasteiger partial charge in [-0.3, -0.25) is 0 Å². The van der Waals surface area contributed by atoms with Gasteiger partial charge in [0.2, 0.25) is 0 Å². The van der Waals surface area contributed by atoms with E-state index in [0.717, 1.165) is 11.8 Å². The van der Waals surface area contributed by atoms with Gasteiger partial charge in [0.05, 0.1) is 12.6 Å². The number of hydrogen-bond acceptors (Lipinski definition) is 1. The Labute approximate surface area is 86.1 Å². The Bertz CT molecular complexity index is 531. The normalized spacial score (nSPS) is 11.0. The zero-order valence-electron chi connectivity index (χ0n) is 8.77. The zero-order valence-corrected chi connectivity index (χ0v) is 8.77. The minimum Gasteiger partial charge on any atom is -0.493 e. The van der Waals surface area contributed by atoms with Crippen LogP contribution >= 0.6 is 0 Å². The minimum atomic E-state index is -0.673. The predicted octanol–water partition coefficient (Wildman–Crippen LogP) is 2.77. The summed E-state index contributed by atoms with van der Waals surface area (Å²) in [6, 6.07) is 2.56. The van der Waals surface area contributed by atoms with Gasteiger partial charge >= 0.3 is 0 Å². The molecule has 0 saturated carbocycles. The van der Waals surface area contributed by atoms with Crippen LogP contribution in [0.1, 0.15) is 5.69 Å². The number of halogens is 2. The fourth-order valence-electron chi connectivity index (χ4n) is 1.77. The van der Waals surface area contributed by atoms with Crippen LogP contribution in [0.4, 0.5) is 8.78 Å². The number of rotatable bonds is 1. The molecule has 1 heterocycles. The third kappa shape index (κ3) is 1.28. The molecule has 0 N–H and O–H groups in total. The maximum Gasteiger partial charge on any atom is 0.168 e. The Kier molecular flexibility index (Phi) is 2.14. The first kappa shape index (κ1) is 9.96. The molecule has 80 valence electrons. The van der Waals surface area contributed by atoms with Gasteiger partial charge in [-0.2, -0.15) is 0 Å². The number of hydrogen-bond donors (Lipinski definition) is 0. The molecule has 2 rings (SSSR count). The summed E-state index contributed by atoms with van der Waals surface area (Å²) in [5.41, 5.74) is 1.22. The molecule has 1 aromatic carbocycles. The smallest absolute Gasteiger partial charge is 0.168 e. The van der Waals surface area contributed by atoms with E-state index in [9.17, 15) is 8.78 Å². The van der Waals surface area contributed by atoms with Gasteiger partial charge in [-0.05, 0) is 13.0 Å². The number of benzene rings is 1. The van der Waals surface area contributed by atoms with Gasteiger partial charge in [0.15, 0.2) is 17.4 Å². The number of nitrogens with zero attached hydrogens (tertiary/aromatic N) is 1. The zero-order chi connectivity index (χ0) is 11.2. The molecular formula is C11H11F2NO. The summed E-state index contributed by atoms with van der Waals surface area (Å²) >= 11 is 0. The number of fused-ring (bicyclic) bond motifs is 1. The SMILES string of the molecule is COc1c(F)cc(F)c2c1cc(C)n2C. The van der Waals surface area contributed by atoms with E-state index < -0.39 is 11.6 Å². The van der Waals surface area contributed by atoms with E-state index in [0.29, 0.717) is 10.9 Å². The molecule has 0 aliphatic heterocycles. The van der Waals surface area contributed by atoms with Crippen LogP contribution in [-0.4, -0.2) is 11.7 Å². The van der Waals surface area contributed by atoms with Crippen molar-refractivity contribution in [2.45, 2.75) is 6.92 Å². The van der Waals surface area contributed by atoms with Crippen LogP contribution in [0.5, 0.6) is 5.75 Å². The van der Waals surface area contributed by atoms with Crippen molar-refractivity contribution in [2.75, 3.05) is 7.11 Å². The molecule has 4 heteroatoms. The highest BCUT2D eigenvalue weighted by Crippen LogP contribution is 2.32. The van der Waals surface area contributed by atoms with E-state index >= 15 is 0 Å². The van der Waals surface area contributed by atoms with Crippen molar-refractivity contribution in [1.82, 2.24) is 4.57 Å². The van der Waals surface area contributed by atoms with E-state index in [2.05, 4.69) is 0 Å². The average molecular weight is 211 g/mol. The maximum atomic E-state index is 13.5. The summed E-state index contributed by atoms with van der Waals surface area (Å²) in [4.78, 5) is 0. The van der Waals surface area contributed by atoms with E-state index in [1.54, 1.807) is 17.7 Å². The highest BCUT2D eigenvalue weighted by Gasteiger charge is 2.16. The predicted molar refractivity (Wildman–Crippen MR) is 54.1 cm³/mol. The lowest BCUT2D eigenvalue weighted by atomic mass is 10.2. The molecule has 0 atom stereocenters. The molecule has 0 fully saturated rings. The van der Waals surface area contributed by atoms with Gasteiger partial charge in [-0.15, -0.1) is 0 Å². The average Bonchev–Trinajstić information content (AvgIpc) is 2.44. The molecule has 0 spiro atoms. The van der Waals surface area contributed by atoms with Crippen molar-refractivity contribution in [3.05, 3.63) is 29.5 Å². The van der Waals surface area contributed by atoms with Crippen molar-refractivity contribution in [2.24, 2.45) is 7.05 Å². The lowest BCUT2D eigenvalue weighted by Crippen LogP contribution is -1.95. The van der Waals surface area contributed by atoms with Crippen LogP contribution in [0.2, 0.25) is 0 Å². The van der Waals surface area contributed by atoms with Crippen LogP contribution < -0.4 is 4.74 Å². The largest absolute Gasteiger partial charge is 0.493 e. The summed E-state index contributed by atoms with van der Waals surface area (Å²) in [6.07, 6.45) is 0. The third-order valence-corrected chi connectivity index (χ3v) is 2.62. The Morgan fingerprint density at radius 3 is 2.47 bits per heavy atom. The first-order valence-corrected chi connectivity index (χ1v) is 4.54. The molecule has 0 unspecified atom stereocenters. The number of methoxy groups -OCH3 is 1. The lowest BCUT2D eigenvalue weighted by Gasteiger charge is -2.05. The highest BCUT2D eigenvalue weighted by molar-refractivity contribution is 5.88. The number of aromatic nitrogens is 1. The standard InChI is InChI=1S/C11H11F2NO/c1-6-4-7-10(14(6)2)8(12)5-9(13)11(7)15-3/h4-5H,1-3H3. The minimum absolute atomic E-state index is 0.0927. The molecule has 1 aromatic heterocycles. The Hall–Kier alpha value is -1.58. The number of aryl methyl sites for hydroxylation is 2. The van der Waals surface area contributed by atoms with Gasteiger partial charge in [-0.25, -0.2) is 8.78 Å². The molecule has 0 amide bonds. The second-order valence-electron chi connectivity index (χ2n) is 3.48. The van der Waals surface area contributed by atoms with Crippen LogP contribution in [0, 0.1) is 18.6 Å². The van der Waals surface area contributed by atoms with Crippen molar-refractivity contribution < 1.29 is 13.5 Å². The summed E-state index contributed by atoms with van der Waals surface area (Å²) in [6.45, 7) is 1.83. The second-order valence-corrected chi connectivity index (χ2v) is 3.48. The van der Waals surface area contributed by atoms with Crippen LogP contribution in [0.25, 0.3) is 10.9 Å². The van der Waals surface area contributed by atoms with Gasteiger partial charge in [0.1, 0.15) is 0 Å². The Morgan fingerprint density at radius 1 is 1.20 bits per heavy atom. The quantitative estimate of drug-likeness (QED) is 0.707. The Morgan fingerprint density at radius 2 is 1.87 bits per heavy atom. The molecular weight excluding hydrogens is 200 g/mol. The molecule has 0 aliphatic carbocycles. The monoisotopic (exact) mass is 211 g/mol. The highest BCUT2D eigenvalue weighted by atomic mass is 19.1. The molecule has 0 bridgehead atoms. The van der Waals surface area contributed by atoms with Crippen molar-refractivity contribution in [1.29, 1.82) is 0 Å². The van der Waals surface area contributed by atoms with Crippen molar-refractivity contribution in [3.8, 4) is 5.75 Å². The lowest BCUT2D eigenvalue weighted by molar-refractivity contribution is 0.390. The van der Waals surface area contributed by atoms with E-state index in [-0.39, 0.29) is 5.75 Å². The first-order chi connectivity index (χ1) is 7.06. The topological polar surface area (TPSA) is 14.2 Å². The molecule has 0 radical (unpaired) electrons. The van der Waals surface area contributed by atoms with Crippen LogP contribution in [0.3, 0.4) is 0 Å². The summed E-state index contributed by atoms with van der Waals surface area (Å²) in [7, 11) is 3.11. The van der Waals surface area contributed by atoms with Gasteiger partial charge < -0.3 is 9.30 Å². The van der Waals surface area contributed by atoms with Gasteiger partial charge in [0.25, 0.3) is 0 Å². The van der Waals surface area contributed by atoms with Gasteiger partial charge in [-0.1, -0.05) is 0 Å². The molecule has 2 aromatic rings. The van der Waals surface area contributed by atoms with Crippen LogP contribution in [0.15, 0.2) is 12.1 Å². The molecule has 0 saturated heterocycles. The molecule has 2 nitrogen and oxygen atoms in total. The summed E-state index contributed by atoms with van der Waals surface area (Å²) < 4.78 is 33.5. The van der Waals surface area contributed by atoms with E-state index in [1.165, 1.54) is 7.11 Å². The summed E-state index contributed by atoms with van der Waals surface area (Å²) in [5.74, 6) is -1.15. The Balaban J connectivity index is 2.96.